The minimum atomic E-state index is -0.0248. The first kappa shape index (κ1) is 17.8. The van der Waals surface area contributed by atoms with Gasteiger partial charge in [0.05, 0.1) is 13.1 Å². The largest absolute Gasteiger partial charge is 0.352 e. The van der Waals surface area contributed by atoms with Gasteiger partial charge in [0.15, 0.2) is 0 Å². The zero-order valence-electron chi connectivity index (χ0n) is 14.9. The molecule has 2 fully saturated rings. The minimum absolute atomic E-state index is 0.0248. The van der Waals surface area contributed by atoms with Gasteiger partial charge in [-0.25, -0.2) is 4.98 Å². The Balaban J connectivity index is 1.55. The van der Waals surface area contributed by atoms with Crippen LogP contribution < -0.4 is 5.32 Å². The van der Waals surface area contributed by atoms with Gasteiger partial charge in [-0.1, -0.05) is 6.42 Å². The summed E-state index contributed by atoms with van der Waals surface area (Å²) in [5.41, 5.74) is 0. The van der Waals surface area contributed by atoms with Crippen LogP contribution in [0.3, 0.4) is 0 Å². The van der Waals surface area contributed by atoms with Gasteiger partial charge in [-0.15, -0.1) is 0 Å². The van der Waals surface area contributed by atoms with Gasteiger partial charge in [0, 0.05) is 32.1 Å². The van der Waals surface area contributed by atoms with Gasteiger partial charge in [0.25, 0.3) is 0 Å². The average Bonchev–Trinajstić information content (AvgIpc) is 3.09. The van der Waals surface area contributed by atoms with E-state index in [0.29, 0.717) is 19.1 Å². The monoisotopic (exact) mass is 348 g/mol. The van der Waals surface area contributed by atoms with Gasteiger partial charge < -0.3 is 10.2 Å². The summed E-state index contributed by atoms with van der Waals surface area (Å²) in [5.74, 6) is 0.142. The van der Waals surface area contributed by atoms with Crippen LogP contribution >= 0.6 is 0 Å². The lowest BCUT2D eigenvalue weighted by atomic mass is 10.0. The fourth-order valence-electron chi connectivity index (χ4n) is 3.90. The maximum absolute atomic E-state index is 12.8. The van der Waals surface area contributed by atoms with Crippen molar-refractivity contribution in [1.82, 2.24) is 29.9 Å². The fraction of sp³-hybridized carbons (Fsp3) is 0.765. The van der Waals surface area contributed by atoms with Crippen molar-refractivity contribution in [2.45, 2.75) is 57.7 Å². The van der Waals surface area contributed by atoms with Crippen molar-refractivity contribution in [2.24, 2.45) is 0 Å². The Morgan fingerprint density at radius 2 is 2.08 bits per heavy atom. The fourth-order valence-corrected chi connectivity index (χ4v) is 3.90. The van der Waals surface area contributed by atoms with Crippen LogP contribution in [0, 0.1) is 0 Å². The Morgan fingerprint density at radius 1 is 1.20 bits per heavy atom. The maximum atomic E-state index is 12.8. The molecule has 2 amide bonds. The maximum Gasteiger partial charge on any atom is 0.236 e. The highest BCUT2D eigenvalue weighted by Gasteiger charge is 2.29. The summed E-state index contributed by atoms with van der Waals surface area (Å²) in [6.45, 7) is 5.13. The second kappa shape index (κ2) is 8.42. The zero-order chi connectivity index (χ0) is 17.6. The molecule has 2 saturated heterocycles. The first-order valence-electron chi connectivity index (χ1n) is 9.23. The van der Waals surface area contributed by atoms with Crippen molar-refractivity contribution in [3.8, 4) is 0 Å². The smallest absolute Gasteiger partial charge is 0.236 e. The van der Waals surface area contributed by atoms with E-state index >= 15 is 0 Å². The van der Waals surface area contributed by atoms with E-state index in [9.17, 15) is 9.59 Å². The quantitative estimate of drug-likeness (QED) is 0.825. The van der Waals surface area contributed by atoms with Gasteiger partial charge in [0.1, 0.15) is 12.7 Å². The highest BCUT2D eigenvalue weighted by Crippen LogP contribution is 2.19. The highest BCUT2D eigenvalue weighted by atomic mass is 16.2. The Bertz CT molecular complexity index is 576. The Labute approximate surface area is 148 Å². The molecule has 2 aliphatic rings. The summed E-state index contributed by atoms with van der Waals surface area (Å²) in [5, 5.41) is 7.14. The molecule has 0 saturated carbocycles. The van der Waals surface area contributed by atoms with E-state index < -0.39 is 0 Å². The molecule has 8 nitrogen and oxygen atoms in total. The van der Waals surface area contributed by atoms with Gasteiger partial charge in [0.2, 0.25) is 11.8 Å². The third-order valence-corrected chi connectivity index (χ3v) is 5.13. The molecule has 2 atom stereocenters. The van der Waals surface area contributed by atoms with Crippen molar-refractivity contribution in [3.63, 3.8) is 0 Å². The highest BCUT2D eigenvalue weighted by molar-refractivity contribution is 5.78. The van der Waals surface area contributed by atoms with Crippen LogP contribution in [0.1, 0.15) is 39.0 Å². The summed E-state index contributed by atoms with van der Waals surface area (Å²) in [7, 11) is 0. The van der Waals surface area contributed by atoms with E-state index in [1.165, 1.54) is 13.3 Å². The number of likely N-dealkylation sites (tertiary alicyclic amines) is 2. The number of nitrogens with one attached hydrogen (secondary N) is 1. The van der Waals surface area contributed by atoms with Gasteiger partial charge in [-0.3, -0.25) is 19.2 Å². The Hall–Kier alpha value is -1.96. The SMILES string of the molecule is CC(=O)N[C@H]1CCCN(C(=O)CN2CCCC[C@H]2Cn2cncn2)C1. The van der Waals surface area contributed by atoms with E-state index in [-0.39, 0.29) is 17.9 Å². The summed E-state index contributed by atoms with van der Waals surface area (Å²) in [4.78, 5) is 32.2. The molecule has 0 spiro atoms. The molecule has 0 aromatic carbocycles. The summed E-state index contributed by atoms with van der Waals surface area (Å²) in [6, 6.07) is 0.415. The average molecular weight is 348 g/mol. The molecule has 3 rings (SSSR count). The van der Waals surface area contributed by atoms with E-state index in [1.807, 2.05) is 9.58 Å². The zero-order valence-corrected chi connectivity index (χ0v) is 14.9. The van der Waals surface area contributed by atoms with Gasteiger partial charge in [-0.05, 0) is 32.2 Å². The Kier molecular flexibility index (Phi) is 6.01. The molecule has 2 aliphatic heterocycles. The molecule has 8 heteroatoms. The number of hydrogen-bond donors (Lipinski definition) is 1. The van der Waals surface area contributed by atoms with E-state index in [2.05, 4.69) is 20.3 Å². The van der Waals surface area contributed by atoms with Crippen molar-refractivity contribution in [3.05, 3.63) is 12.7 Å². The van der Waals surface area contributed by atoms with E-state index in [1.54, 1.807) is 12.7 Å². The molecule has 1 N–H and O–H groups in total. The van der Waals surface area contributed by atoms with Crippen LogP contribution in [0.4, 0.5) is 0 Å². The predicted octanol–water partition coefficient (Wildman–Crippen LogP) is 0.260. The van der Waals surface area contributed by atoms with Gasteiger partial charge >= 0.3 is 0 Å². The first-order valence-corrected chi connectivity index (χ1v) is 9.23. The second-order valence-electron chi connectivity index (χ2n) is 7.12. The third kappa shape index (κ3) is 5.01. The van der Waals surface area contributed by atoms with Crippen LogP contribution in [-0.2, 0) is 16.1 Å². The molecule has 25 heavy (non-hydrogen) atoms. The first-order chi connectivity index (χ1) is 12.1. The summed E-state index contributed by atoms with van der Waals surface area (Å²) >= 11 is 0. The number of aromatic nitrogens is 3. The lowest BCUT2D eigenvalue weighted by molar-refractivity contribution is -0.135. The number of piperidine rings is 2. The predicted molar refractivity (Wildman–Crippen MR) is 92.7 cm³/mol. The molecule has 0 aliphatic carbocycles. The number of carbonyl (C=O) groups excluding carboxylic acids is 2. The molecule has 3 heterocycles. The number of hydrogen-bond acceptors (Lipinski definition) is 5. The van der Waals surface area contributed by atoms with Gasteiger partial charge in [-0.2, -0.15) is 5.10 Å². The molecule has 0 unspecified atom stereocenters. The summed E-state index contributed by atoms with van der Waals surface area (Å²) in [6.07, 6.45) is 8.59. The lowest BCUT2D eigenvalue weighted by Crippen LogP contribution is -2.53. The standard InChI is InChI=1S/C17H28N6O2/c1-14(24)20-15-5-4-8-22(9-15)17(25)11-21-7-3-2-6-16(21)10-23-13-18-12-19-23/h12-13,15-16H,2-11H2,1H3,(H,20,24)/t15-,16-/m0/s1. The number of nitrogens with zero attached hydrogens (tertiary/aromatic N) is 5. The molecular formula is C17H28N6O2. The number of amides is 2. The topological polar surface area (TPSA) is 83.4 Å². The summed E-state index contributed by atoms with van der Waals surface area (Å²) < 4.78 is 1.85. The van der Waals surface area contributed by atoms with Crippen LogP contribution in [-0.4, -0.2) is 74.6 Å². The molecule has 0 bridgehead atoms. The van der Waals surface area contributed by atoms with Crippen LogP contribution in [0.25, 0.3) is 0 Å². The van der Waals surface area contributed by atoms with Crippen LogP contribution in [0.5, 0.6) is 0 Å². The second-order valence-corrected chi connectivity index (χ2v) is 7.12. The molecule has 1 aromatic rings. The van der Waals surface area contributed by atoms with Crippen molar-refractivity contribution < 1.29 is 9.59 Å². The molecule has 1 aromatic heterocycles. The van der Waals surface area contributed by atoms with Crippen LogP contribution in [0.15, 0.2) is 12.7 Å². The van der Waals surface area contributed by atoms with Crippen LogP contribution in [0.2, 0.25) is 0 Å². The third-order valence-electron chi connectivity index (χ3n) is 5.13. The van der Waals surface area contributed by atoms with Crippen molar-refractivity contribution >= 4 is 11.8 Å². The number of carbonyl (C=O) groups is 2. The van der Waals surface area contributed by atoms with E-state index in [4.69, 9.17) is 0 Å². The number of rotatable bonds is 5. The Morgan fingerprint density at radius 3 is 2.84 bits per heavy atom. The molecule has 138 valence electrons. The minimum Gasteiger partial charge on any atom is -0.352 e. The normalized spacial score (nSPS) is 24.9. The molecular weight excluding hydrogens is 320 g/mol. The molecule has 0 radical (unpaired) electrons. The van der Waals surface area contributed by atoms with Crippen molar-refractivity contribution in [2.75, 3.05) is 26.2 Å². The lowest BCUT2D eigenvalue weighted by Gasteiger charge is -2.38. The van der Waals surface area contributed by atoms with Crippen molar-refractivity contribution in [1.29, 1.82) is 0 Å². The van der Waals surface area contributed by atoms with E-state index in [0.717, 1.165) is 45.3 Å².